The Labute approximate surface area is 114 Å². The first-order valence-corrected chi connectivity index (χ1v) is 6.57. The third-order valence-corrected chi connectivity index (χ3v) is 3.43. The minimum absolute atomic E-state index is 0.0232. The maximum Gasteiger partial charge on any atom is 0.352 e. The molecule has 0 saturated carbocycles. The lowest BCUT2D eigenvalue weighted by molar-refractivity contribution is 0.0685. The molecule has 2 aromatic rings. The Morgan fingerprint density at radius 3 is 2.05 bits per heavy atom. The van der Waals surface area contributed by atoms with E-state index in [1.165, 1.54) is 15.2 Å². The molecule has 0 aromatic carbocycles. The fourth-order valence-electron chi connectivity index (χ4n) is 2.52. The van der Waals surface area contributed by atoms with Gasteiger partial charge in [0.1, 0.15) is 11.3 Å². The summed E-state index contributed by atoms with van der Waals surface area (Å²) in [6.45, 7) is 6.29. The molecule has 7 heteroatoms. The molecule has 20 heavy (non-hydrogen) atoms. The SMILES string of the molecule is CCn1c(=O)c2cc(C(=O)O)n(CC)c2n(CC)c1=O. The van der Waals surface area contributed by atoms with E-state index in [2.05, 4.69) is 0 Å². The van der Waals surface area contributed by atoms with Crippen molar-refractivity contribution in [3.8, 4) is 0 Å². The number of aryl methyl sites for hydroxylation is 2. The molecule has 0 radical (unpaired) electrons. The van der Waals surface area contributed by atoms with E-state index in [-0.39, 0.29) is 17.6 Å². The van der Waals surface area contributed by atoms with Crippen molar-refractivity contribution in [1.29, 1.82) is 0 Å². The van der Waals surface area contributed by atoms with Gasteiger partial charge in [0.2, 0.25) is 0 Å². The molecule has 0 spiro atoms. The van der Waals surface area contributed by atoms with Gasteiger partial charge in [-0.3, -0.25) is 13.9 Å². The van der Waals surface area contributed by atoms with Crippen LogP contribution in [0.25, 0.3) is 11.0 Å². The first kappa shape index (κ1) is 14.1. The van der Waals surface area contributed by atoms with E-state index in [4.69, 9.17) is 0 Å². The van der Waals surface area contributed by atoms with Gasteiger partial charge in [-0.25, -0.2) is 9.59 Å². The summed E-state index contributed by atoms with van der Waals surface area (Å²) in [5.74, 6) is -1.11. The second kappa shape index (κ2) is 4.99. The number of carboxylic acids is 1. The lowest BCUT2D eigenvalue weighted by atomic mass is 10.3. The van der Waals surface area contributed by atoms with Crippen molar-refractivity contribution in [2.24, 2.45) is 0 Å². The Kier molecular flexibility index (Phi) is 3.52. The average Bonchev–Trinajstić information content (AvgIpc) is 2.79. The summed E-state index contributed by atoms with van der Waals surface area (Å²) in [6.07, 6.45) is 0. The molecule has 0 aliphatic heterocycles. The Balaban J connectivity index is 3.11. The summed E-state index contributed by atoms with van der Waals surface area (Å²) in [6, 6.07) is 1.35. The topological polar surface area (TPSA) is 86.2 Å². The molecule has 0 aliphatic carbocycles. The van der Waals surface area contributed by atoms with E-state index in [9.17, 15) is 19.5 Å². The molecule has 2 heterocycles. The molecule has 108 valence electrons. The molecule has 0 amide bonds. The van der Waals surface area contributed by atoms with Gasteiger partial charge in [-0.1, -0.05) is 0 Å². The zero-order chi connectivity index (χ0) is 15.0. The summed E-state index contributed by atoms with van der Waals surface area (Å²) >= 11 is 0. The quantitative estimate of drug-likeness (QED) is 0.893. The Morgan fingerprint density at radius 2 is 1.60 bits per heavy atom. The van der Waals surface area contributed by atoms with Crippen LogP contribution >= 0.6 is 0 Å². The van der Waals surface area contributed by atoms with Crippen molar-refractivity contribution >= 4 is 17.0 Å². The van der Waals surface area contributed by atoms with E-state index >= 15 is 0 Å². The predicted octanol–water partition coefficient (Wildman–Crippen LogP) is 0.723. The monoisotopic (exact) mass is 279 g/mol. The van der Waals surface area contributed by atoms with Crippen molar-refractivity contribution in [1.82, 2.24) is 13.7 Å². The van der Waals surface area contributed by atoms with Gasteiger partial charge < -0.3 is 9.67 Å². The van der Waals surface area contributed by atoms with Gasteiger partial charge in [-0.15, -0.1) is 0 Å². The van der Waals surface area contributed by atoms with Crippen molar-refractivity contribution in [2.45, 2.75) is 40.4 Å². The molecule has 2 rings (SSSR count). The van der Waals surface area contributed by atoms with Crippen LogP contribution in [-0.4, -0.2) is 24.8 Å². The fourth-order valence-corrected chi connectivity index (χ4v) is 2.52. The highest BCUT2D eigenvalue weighted by Gasteiger charge is 2.20. The van der Waals surface area contributed by atoms with Gasteiger partial charge >= 0.3 is 11.7 Å². The van der Waals surface area contributed by atoms with Crippen LogP contribution in [0.2, 0.25) is 0 Å². The molecule has 0 unspecified atom stereocenters. The van der Waals surface area contributed by atoms with Crippen molar-refractivity contribution < 1.29 is 9.90 Å². The van der Waals surface area contributed by atoms with E-state index < -0.39 is 17.2 Å². The Morgan fingerprint density at radius 1 is 1.05 bits per heavy atom. The maximum atomic E-state index is 12.3. The molecule has 0 aliphatic rings. The van der Waals surface area contributed by atoms with E-state index in [1.54, 1.807) is 20.8 Å². The number of aromatic carboxylic acids is 1. The first-order chi connectivity index (χ1) is 9.47. The summed E-state index contributed by atoms with van der Waals surface area (Å²) in [5, 5.41) is 9.50. The van der Waals surface area contributed by atoms with Crippen LogP contribution in [0, 0.1) is 0 Å². The van der Waals surface area contributed by atoms with E-state index in [1.807, 2.05) is 0 Å². The van der Waals surface area contributed by atoms with E-state index in [0.717, 1.165) is 4.57 Å². The molecule has 0 fully saturated rings. The number of aromatic nitrogens is 3. The second-order valence-corrected chi connectivity index (χ2v) is 4.39. The molecule has 7 nitrogen and oxygen atoms in total. The van der Waals surface area contributed by atoms with Crippen LogP contribution < -0.4 is 11.2 Å². The number of rotatable bonds is 4. The van der Waals surface area contributed by atoms with Crippen LogP contribution in [0.15, 0.2) is 15.7 Å². The summed E-state index contributed by atoms with van der Waals surface area (Å²) in [4.78, 5) is 35.9. The van der Waals surface area contributed by atoms with Gasteiger partial charge in [0.05, 0.1) is 5.39 Å². The minimum Gasteiger partial charge on any atom is -0.477 e. The number of hydrogen-bond acceptors (Lipinski definition) is 3. The average molecular weight is 279 g/mol. The lowest BCUT2D eigenvalue weighted by Crippen LogP contribution is -2.39. The third-order valence-electron chi connectivity index (χ3n) is 3.43. The van der Waals surface area contributed by atoms with Crippen LogP contribution in [0.5, 0.6) is 0 Å². The zero-order valence-electron chi connectivity index (χ0n) is 11.7. The van der Waals surface area contributed by atoms with Gasteiger partial charge in [-0.05, 0) is 26.8 Å². The summed E-state index contributed by atoms with van der Waals surface area (Å²) in [5.41, 5.74) is -0.439. The molecule has 0 bridgehead atoms. The van der Waals surface area contributed by atoms with Gasteiger partial charge in [0.25, 0.3) is 5.56 Å². The lowest BCUT2D eigenvalue weighted by Gasteiger charge is -2.12. The van der Waals surface area contributed by atoms with Crippen molar-refractivity contribution in [3.05, 3.63) is 32.6 Å². The molecule has 1 N–H and O–H groups in total. The highest BCUT2D eigenvalue weighted by Crippen LogP contribution is 2.16. The number of carboxylic acid groups (broad SMARTS) is 1. The van der Waals surface area contributed by atoms with Crippen molar-refractivity contribution in [3.63, 3.8) is 0 Å². The highest BCUT2D eigenvalue weighted by atomic mass is 16.4. The second-order valence-electron chi connectivity index (χ2n) is 4.39. The summed E-state index contributed by atoms with van der Waals surface area (Å²) in [7, 11) is 0. The molecule has 0 atom stereocenters. The van der Waals surface area contributed by atoms with Gasteiger partial charge in [0.15, 0.2) is 0 Å². The van der Waals surface area contributed by atoms with Crippen LogP contribution in [0.3, 0.4) is 0 Å². The predicted molar refractivity (Wildman–Crippen MR) is 74.4 cm³/mol. The number of nitrogens with zero attached hydrogens (tertiary/aromatic N) is 3. The fraction of sp³-hybridized carbons (Fsp3) is 0.462. The minimum atomic E-state index is -1.11. The van der Waals surface area contributed by atoms with Crippen molar-refractivity contribution in [2.75, 3.05) is 0 Å². The summed E-state index contributed by atoms with van der Waals surface area (Å²) < 4.78 is 4.05. The Bertz CT molecular complexity index is 795. The maximum absolute atomic E-state index is 12.3. The number of fused-ring (bicyclic) bond motifs is 1. The molecular weight excluding hydrogens is 262 g/mol. The molecule has 0 saturated heterocycles. The third kappa shape index (κ3) is 1.77. The normalized spacial score (nSPS) is 11.2. The smallest absolute Gasteiger partial charge is 0.352 e. The largest absolute Gasteiger partial charge is 0.477 e. The zero-order valence-corrected chi connectivity index (χ0v) is 11.7. The van der Waals surface area contributed by atoms with Crippen LogP contribution in [0.4, 0.5) is 0 Å². The number of carbonyl (C=O) groups is 1. The highest BCUT2D eigenvalue weighted by molar-refractivity contribution is 5.93. The Hall–Kier alpha value is -2.31. The van der Waals surface area contributed by atoms with Crippen LogP contribution in [-0.2, 0) is 19.6 Å². The van der Waals surface area contributed by atoms with E-state index in [0.29, 0.717) is 18.7 Å². The van der Waals surface area contributed by atoms with Gasteiger partial charge in [0, 0.05) is 19.6 Å². The molecular formula is C13H17N3O4. The molecule has 2 aromatic heterocycles. The van der Waals surface area contributed by atoms with Gasteiger partial charge in [-0.2, -0.15) is 0 Å². The standard InChI is InChI=1S/C13H17N3O4/c1-4-14-9(12(18)19)7-8-10(14)15(5-2)13(20)16(6-3)11(8)17/h7H,4-6H2,1-3H3,(H,18,19). The van der Waals surface area contributed by atoms with Crippen LogP contribution in [0.1, 0.15) is 31.3 Å². The first-order valence-electron chi connectivity index (χ1n) is 6.57. The number of hydrogen-bond donors (Lipinski definition) is 1.